The van der Waals surface area contributed by atoms with Crippen molar-refractivity contribution in [3.63, 3.8) is 0 Å². The molecule has 1 aliphatic carbocycles. The molecule has 1 amide bonds. The lowest BCUT2D eigenvalue weighted by molar-refractivity contribution is -0.117. The van der Waals surface area contributed by atoms with Crippen LogP contribution in [-0.2, 0) is 11.2 Å². The first-order valence-corrected chi connectivity index (χ1v) is 14.6. The van der Waals surface area contributed by atoms with Gasteiger partial charge in [0.15, 0.2) is 0 Å². The molecule has 1 aromatic carbocycles. The largest absolute Gasteiger partial charge is 0.356 e. The maximum atomic E-state index is 12.7. The molecule has 0 spiro atoms. The number of hydrogen-bond donors (Lipinski definition) is 4. The van der Waals surface area contributed by atoms with Gasteiger partial charge < -0.3 is 15.6 Å². The summed E-state index contributed by atoms with van der Waals surface area (Å²) in [6.07, 6.45) is 15.1. The van der Waals surface area contributed by atoms with Gasteiger partial charge in [0.05, 0.1) is 23.1 Å². The molecule has 0 bridgehead atoms. The topological polar surface area (TPSA) is 111 Å². The van der Waals surface area contributed by atoms with Crippen molar-refractivity contribution in [3.05, 3.63) is 102 Å². The molecular weight excluding hydrogens is 522 g/mol. The lowest BCUT2D eigenvalue weighted by Crippen LogP contribution is -2.30. The summed E-state index contributed by atoms with van der Waals surface area (Å²) >= 11 is 0. The van der Waals surface area contributed by atoms with Gasteiger partial charge in [0.25, 0.3) is 0 Å². The molecule has 210 valence electrons. The lowest BCUT2D eigenvalue weighted by atomic mass is 9.94. The molecule has 0 radical (unpaired) electrons. The van der Waals surface area contributed by atoms with Crippen LogP contribution >= 0.6 is 0 Å². The quantitative estimate of drug-likeness (QED) is 0.197. The molecule has 8 heteroatoms. The first-order valence-electron chi connectivity index (χ1n) is 14.6. The number of amides is 1. The van der Waals surface area contributed by atoms with Crippen LogP contribution < -0.4 is 10.6 Å². The number of fused-ring (bicyclic) bond motifs is 2. The number of hydrogen-bond acceptors (Lipinski definition) is 5. The van der Waals surface area contributed by atoms with Crippen molar-refractivity contribution in [1.29, 1.82) is 0 Å². The Hall–Kier alpha value is -4.82. The summed E-state index contributed by atoms with van der Waals surface area (Å²) in [5.41, 5.74) is 11.3. The molecule has 1 fully saturated rings. The van der Waals surface area contributed by atoms with Gasteiger partial charge in [0.1, 0.15) is 5.69 Å². The molecule has 1 aliphatic heterocycles. The summed E-state index contributed by atoms with van der Waals surface area (Å²) in [6, 6.07) is 14.5. The van der Waals surface area contributed by atoms with Crippen LogP contribution in [0.25, 0.3) is 39.0 Å². The summed E-state index contributed by atoms with van der Waals surface area (Å²) in [5, 5.41) is 15.4. The van der Waals surface area contributed by atoms with Gasteiger partial charge in [-0.05, 0) is 80.2 Å². The van der Waals surface area contributed by atoms with E-state index < -0.39 is 0 Å². The maximum Gasteiger partial charge on any atom is 0.224 e. The molecule has 0 unspecified atom stereocenters. The lowest BCUT2D eigenvalue weighted by Gasteiger charge is -2.21. The molecule has 4 N–H and O–H groups in total. The average molecular weight is 556 g/mol. The van der Waals surface area contributed by atoms with Crippen molar-refractivity contribution < 1.29 is 4.79 Å². The van der Waals surface area contributed by atoms with Crippen LogP contribution in [-0.4, -0.2) is 44.1 Å². The molecule has 8 nitrogen and oxygen atoms in total. The minimum absolute atomic E-state index is 0.0460. The number of H-pyrrole nitrogens is 2. The van der Waals surface area contributed by atoms with Gasteiger partial charge in [0.2, 0.25) is 5.91 Å². The highest BCUT2D eigenvalue weighted by Crippen LogP contribution is 2.36. The summed E-state index contributed by atoms with van der Waals surface area (Å²) < 4.78 is 0. The van der Waals surface area contributed by atoms with Crippen molar-refractivity contribution in [2.45, 2.75) is 32.6 Å². The number of aromatic nitrogens is 5. The zero-order valence-electron chi connectivity index (χ0n) is 23.6. The fraction of sp³-hybridized carbons (Fsp3) is 0.235. The number of rotatable bonds is 6. The number of piperidine rings is 1. The predicted molar refractivity (Wildman–Crippen MR) is 167 cm³/mol. The van der Waals surface area contributed by atoms with E-state index in [-0.39, 0.29) is 5.91 Å². The molecule has 7 rings (SSSR count). The van der Waals surface area contributed by atoms with Gasteiger partial charge in [-0.15, -0.1) is 0 Å². The molecule has 0 saturated carbocycles. The molecule has 42 heavy (non-hydrogen) atoms. The fourth-order valence-corrected chi connectivity index (χ4v) is 6.06. The predicted octanol–water partition coefficient (Wildman–Crippen LogP) is 6.28. The van der Waals surface area contributed by atoms with Crippen LogP contribution in [0.15, 0.2) is 85.0 Å². The SMILES string of the molecule is CC1=CC=C(c2cccnc2)c2cc(-c3n[nH]c4ccc(-c5cncc(NC(=O)CC6CCNCC6)c5)cc34)[nH]c2C1. The third-order valence-electron chi connectivity index (χ3n) is 8.26. The highest BCUT2D eigenvalue weighted by molar-refractivity contribution is 5.97. The van der Waals surface area contributed by atoms with Crippen molar-refractivity contribution in [2.24, 2.45) is 5.92 Å². The van der Waals surface area contributed by atoms with Gasteiger partial charge in [0, 0.05) is 59.2 Å². The average Bonchev–Trinajstić information content (AvgIpc) is 3.58. The highest BCUT2D eigenvalue weighted by Gasteiger charge is 2.20. The monoisotopic (exact) mass is 555 g/mol. The Balaban J connectivity index is 1.19. The van der Waals surface area contributed by atoms with Crippen LogP contribution in [0.4, 0.5) is 5.69 Å². The standard InChI is InChI=1S/C34H33N7O/c1-21-4-6-27(24-3-2-10-36-18-24)28-17-32(39-31(28)13-21)34-29-16-23(5-7-30(29)40-41-34)25-15-26(20-37-19-25)38-33(42)14-22-8-11-35-12-9-22/h2-7,10,15-20,22,35,39H,8-9,11-14H2,1H3,(H,38,42)(H,40,41). The van der Waals surface area contributed by atoms with Crippen LogP contribution in [0.2, 0.25) is 0 Å². The molecule has 4 aromatic heterocycles. The Bertz CT molecular complexity index is 1820. The van der Waals surface area contributed by atoms with Crippen molar-refractivity contribution >= 4 is 28.1 Å². The number of carbonyl (C=O) groups is 1. The molecule has 0 atom stereocenters. The number of aromatic amines is 2. The number of nitrogens with one attached hydrogen (secondary N) is 4. The molecule has 5 aromatic rings. The zero-order chi connectivity index (χ0) is 28.5. The number of carbonyl (C=O) groups excluding carboxylic acids is 1. The van der Waals surface area contributed by atoms with Gasteiger partial charge in [-0.1, -0.05) is 29.9 Å². The second-order valence-electron chi connectivity index (χ2n) is 11.3. The normalized spacial score (nSPS) is 15.5. The Kier molecular flexibility index (Phi) is 6.97. The van der Waals surface area contributed by atoms with Crippen molar-refractivity contribution in [3.8, 4) is 22.5 Å². The van der Waals surface area contributed by atoms with Crippen LogP contribution in [0.1, 0.15) is 43.0 Å². The van der Waals surface area contributed by atoms with E-state index in [2.05, 4.69) is 74.0 Å². The summed E-state index contributed by atoms with van der Waals surface area (Å²) in [6.45, 7) is 4.12. The summed E-state index contributed by atoms with van der Waals surface area (Å²) in [5.74, 6) is 0.480. The second-order valence-corrected chi connectivity index (χ2v) is 11.3. The van der Waals surface area contributed by atoms with E-state index in [1.807, 2.05) is 30.6 Å². The number of anilines is 1. The Morgan fingerprint density at radius 1 is 0.976 bits per heavy atom. The third-order valence-corrected chi connectivity index (χ3v) is 8.26. The Labute approximate surface area is 244 Å². The Morgan fingerprint density at radius 3 is 2.71 bits per heavy atom. The van der Waals surface area contributed by atoms with Crippen molar-refractivity contribution in [1.82, 2.24) is 30.5 Å². The maximum absolute atomic E-state index is 12.7. The number of allylic oxidation sites excluding steroid dienone is 3. The molecule has 5 heterocycles. The van der Waals surface area contributed by atoms with E-state index in [0.717, 1.165) is 88.2 Å². The first-order chi connectivity index (χ1) is 20.6. The molecular formula is C34H33N7O. The Morgan fingerprint density at radius 2 is 1.86 bits per heavy atom. The van der Waals surface area contributed by atoms with Crippen LogP contribution in [0.5, 0.6) is 0 Å². The van der Waals surface area contributed by atoms with Gasteiger partial charge >= 0.3 is 0 Å². The van der Waals surface area contributed by atoms with E-state index in [9.17, 15) is 4.79 Å². The fourth-order valence-electron chi connectivity index (χ4n) is 6.06. The first kappa shape index (κ1) is 26.1. The highest BCUT2D eigenvalue weighted by atomic mass is 16.1. The van der Waals surface area contributed by atoms with E-state index in [4.69, 9.17) is 5.10 Å². The van der Waals surface area contributed by atoms with Crippen molar-refractivity contribution in [2.75, 3.05) is 18.4 Å². The van der Waals surface area contributed by atoms with Gasteiger partial charge in [-0.2, -0.15) is 5.10 Å². The number of pyridine rings is 2. The van der Waals surface area contributed by atoms with Gasteiger partial charge in [-0.25, -0.2) is 0 Å². The van der Waals surface area contributed by atoms with E-state index in [0.29, 0.717) is 18.0 Å². The van der Waals surface area contributed by atoms with E-state index in [1.165, 1.54) is 5.57 Å². The van der Waals surface area contributed by atoms with Crippen LogP contribution in [0, 0.1) is 5.92 Å². The summed E-state index contributed by atoms with van der Waals surface area (Å²) in [7, 11) is 0. The molecule has 2 aliphatic rings. The van der Waals surface area contributed by atoms with Crippen LogP contribution in [0.3, 0.4) is 0 Å². The van der Waals surface area contributed by atoms with Gasteiger partial charge in [-0.3, -0.25) is 19.9 Å². The van der Waals surface area contributed by atoms with E-state index >= 15 is 0 Å². The number of nitrogens with zero attached hydrogens (tertiary/aromatic N) is 3. The second kappa shape index (κ2) is 11.2. The van der Waals surface area contributed by atoms with E-state index in [1.54, 1.807) is 12.4 Å². The molecule has 1 saturated heterocycles. The zero-order valence-corrected chi connectivity index (χ0v) is 23.6. The minimum Gasteiger partial charge on any atom is -0.356 e. The third kappa shape index (κ3) is 5.29. The minimum atomic E-state index is 0.0460. The smallest absolute Gasteiger partial charge is 0.224 e. The number of benzene rings is 1. The summed E-state index contributed by atoms with van der Waals surface area (Å²) in [4.78, 5) is 25.2.